The average molecular weight is 354 g/mol. The lowest BCUT2D eigenvalue weighted by molar-refractivity contribution is 0.103. The Morgan fingerprint density at radius 1 is 1.16 bits per heavy atom. The van der Waals surface area contributed by atoms with Gasteiger partial charge in [-0.25, -0.2) is 0 Å². The van der Waals surface area contributed by atoms with Gasteiger partial charge >= 0.3 is 0 Å². The van der Waals surface area contributed by atoms with Crippen molar-refractivity contribution in [3.63, 3.8) is 0 Å². The molecule has 0 aliphatic heterocycles. The van der Waals surface area contributed by atoms with E-state index in [1.165, 1.54) is 0 Å². The van der Waals surface area contributed by atoms with Crippen LogP contribution in [0.3, 0.4) is 0 Å². The summed E-state index contributed by atoms with van der Waals surface area (Å²) >= 11 is 6.27. The summed E-state index contributed by atoms with van der Waals surface area (Å²) in [5.74, 6) is 1.23. The Morgan fingerprint density at radius 2 is 1.96 bits per heavy atom. The van der Waals surface area contributed by atoms with Crippen LogP contribution in [0.15, 0.2) is 70.1 Å². The molecule has 0 atom stereocenters. The van der Waals surface area contributed by atoms with E-state index in [2.05, 4.69) is 4.99 Å². The summed E-state index contributed by atoms with van der Waals surface area (Å²) in [4.78, 5) is 16.8. The molecule has 126 valence electrons. The van der Waals surface area contributed by atoms with Crippen molar-refractivity contribution in [3.8, 4) is 0 Å². The van der Waals surface area contributed by atoms with Crippen LogP contribution in [-0.4, -0.2) is 19.1 Å². The number of ether oxygens (including phenoxy) is 1. The number of benzene rings is 2. The van der Waals surface area contributed by atoms with Gasteiger partial charge in [-0.15, -0.1) is 0 Å². The summed E-state index contributed by atoms with van der Waals surface area (Å²) < 4.78 is 10.5. The summed E-state index contributed by atoms with van der Waals surface area (Å²) in [6.07, 6.45) is 1.60. The lowest BCUT2D eigenvalue weighted by Gasteiger charge is -2.04. The molecular formula is C20H16ClNO3. The van der Waals surface area contributed by atoms with E-state index in [9.17, 15) is 4.79 Å². The van der Waals surface area contributed by atoms with E-state index >= 15 is 0 Å². The first kappa shape index (κ1) is 17.1. The first-order valence-electron chi connectivity index (χ1n) is 7.68. The van der Waals surface area contributed by atoms with Gasteiger partial charge in [0.1, 0.15) is 18.1 Å². The van der Waals surface area contributed by atoms with E-state index in [1.807, 2.05) is 30.3 Å². The lowest BCUT2D eigenvalue weighted by atomic mass is 10.0. The molecule has 0 N–H and O–H groups in total. The first-order valence-corrected chi connectivity index (χ1v) is 8.06. The van der Waals surface area contributed by atoms with Gasteiger partial charge in [0, 0.05) is 18.2 Å². The Hall–Kier alpha value is -2.69. The largest absolute Gasteiger partial charge is 0.458 e. The summed E-state index contributed by atoms with van der Waals surface area (Å²) in [5, 5.41) is 0.364. The first-order chi connectivity index (χ1) is 12.2. The molecule has 0 spiro atoms. The number of carbonyl (C=O) groups is 1. The minimum absolute atomic E-state index is 0.114. The Balaban J connectivity index is 1.77. The van der Waals surface area contributed by atoms with E-state index in [-0.39, 0.29) is 5.78 Å². The van der Waals surface area contributed by atoms with Crippen molar-refractivity contribution < 1.29 is 13.9 Å². The van der Waals surface area contributed by atoms with Crippen LogP contribution in [0.25, 0.3) is 0 Å². The monoisotopic (exact) mass is 353 g/mol. The van der Waals surface area contributed by atoms with Crippen molar-refractivity contribution >= 4 is 29.3 Å². The van der Waals surface area contributed by atoms with Crippen LogP contribution >= 0.6 is 11.6 Å². The molecule has 0 unspecified atom stereocenters. The molecule has 1 aromatic heterocycles. The zero-order valence-corrected chi connectivity index (χ0v) is 14.4. The molecule has 5 heteroatoms. The second-order valence-electron chi connectivity index (χ2n) is 5.35. The van der Waals surface area contributed by atoms with E-state index in [0.717, 1.165) is 5.76 Å². The molecule has 2 aromatic carbocycles. The third-order valence-corrected chi connectivity index (χ3v) is 3.86. The summed E-state index contributed by atoms with van der Waals surface area (Å²) in [7, 11) is 1.61. The molecule has 0 bridgehead atoms. The SMILES string of the molecule is COCc1ccc(C=Nc2ccc(C(=O)c3ccccc3)c(Cl)c2)o1. The number of rotatable bonds is 6. The summed E-state index contributed by atoms with van der Waals surface area (Å²) in [6, 6.07) is 17.8. The topological polar surface area (TPSA) is 51.8 Å². The smallest absolute Gasteiger partial charge is 0.194 e. The minimum Gasteiger partial charge on any atom is -0.458 e. The molecule has 25 heavy (non-hydrogen) atoms. The molecule has 0 saturated carbocycles. The Bertz CT molecular complexity index is 900. The molecule has 3 aromatic rings. The number of methoxy groups -OCH3 is 1. The summed E-state index contributed by atoms with van der Waals surface area (Å²) in [6.45, 7) is 0.413. The quantitative estimate of drug-likeness (QED) is 0.459. The van der Waals surface area contributed by atoms with Gasteiger partial charge < -0.3 is 9.15 Å². The van der Waals surface area contributed by atoms with Crippen LogP contribution in [0.1, 0.15) is 27.4 Å². The Labute approximate surface area is 150 Å². The molecule has 0 saturated heterocycles. The predicted octanol–water partition coefficient (Wildman–Crippen LogP) is 5.06. The van der Waals surface area contributed by atoms with Gasteiger partial charge in [-0.05, 0) is 30.3 Å². The van der Waals surface area contributed by atoms with Gasteiger partial charge in [0.2, 0.25) is 0 Å². The Morgan fingerprint density at radius 3 is 2.68 bits per heavy atom. The predicted molar refractivity (Wildman–Crippen MR) is 98.0 cm³/mol. The van der Waals surface area contributed by atoms with Crippen molar-refractivity contribution in [1.29, 1.82) is 0 Å². The molecule has 0 aliphatic rings. The number of ketones is 1. The molecule has 0 aliphatic carbocycles. The van der Waals surface area contributed by atoms with Crippen LogP contribution < -0.4 is 0 Å². The molecule has 3 rings (SSSR count). The molecule has 0 fully saturated rings. The molecule has 1 heterocycles. The number of hydrogen-bond acceptors (Lipinski definition) is 4. The highest BCUT2D eigenvalue weighted by Crippen LogP contribution is 2.25. The average Bonchev–Trinajstić information content (AvgIpc) is 3.08. The highest BCUT2D eigenvalue weighted by molar-refractivity contribution is 6.35. The number of carbonyl (C=O) groups excluding carboxylic acids is 1. The number of halogens is 1. The molecular weight excluding hydrogens is 338 g/mol. The van der Waals surface area contributed by atoms with Gasteiger partial charge in [0.05, 0.1) is 16.9 Å². The van der Waals surface area contributed by atoms with Gasteiger partial charge in [0.15, 0.2) is 5.78 Å². The van der Waals surface area contributed by atoms with E-state index in [1.54, 1.807) is 43.7 Å². The van der Waals surface area contributed by atoms with Crippen molar-refractivity contribution in [1.82, 2.24) is 0 Å². The lowest BCUT2D eigenvalue weighted by Crippen LogP contribution is -2.01. The van der Waals surface area contributed by atoms with E-state index in [0.29, 0.717) is 34.2 Å². The van der Waals surface area contributed by atoms with Gasteiger partial charge in [-0.2, -0.15) is 0 Å². The maximum atomic E-state index is 12.5. The van der Waals surface area contributed by atoms with Gasteiger partial charge in [-0.3, -0.25) is 9.79 Å². The van der Waals surface area contributed by atoms with Crippen LogP contribution in [-0.2, 0) is 11.3 Å². The zero-order chi connectivity index (χ0) is 17.6. The standard InChI is InChI=1S/C20H16ClNO3/c1-24-13-17-9-8-16(25-17)12-22-15-7-10-18(19(21)11-15)20(23)14-5-3-2-4-6-14/h2-12H,13H2,1H3. The maximum absolute atomic E-state index is 12.5. The van der Waals surface area contributed by atoms with Crippen molar-refractivity contribution in [3.05, 3.63) is 88.3 Å². The summed E-state index contributed by atoms with van der Waals surface area (Å²) in [5.41, 5.74) is 1.69. The van der Waals surface area contributed by atoms with Gasteiger partial charge in [-0.1, -0.05) is 41.9 Å². The van der Waals surface area contributed by atoms with Crippen LogP contribution in [0.5, 0.6) is 0 Å². The van der Waals surface area contributed by atoms with E-state index < -0.39 is 0 Å². The molecule has 4 nitrogen and oxygen atoms in total. The highest BCUT2D eigenvalue weighted by Gasteiger charge is 2.12. The van der Waals surface area contributed by atoms with Gasteiger partial charge in [0.25, 0.3) is 0 Å². The molecule has 0 amide bonds. The number of hydrogen-bond donors (Lipinski definition) is 0. The maximum Gasteiger partial charge on any atom is 0.194 e. The van der Waals surface area contributed by atoms with Crippen molar-refractivity contribution in [2.24, 2.45) is 4.99 Å². The van der Waals surface area contributed by atoms with Crippen LogP contribution in [0, 0.1) is 0 Å². The van der Waals surface area contributed by atoms with Crippen molar-refractivity contribution in [2.45, 2.75) is 6.61 Å². The third kappa shape index (κ3) is 4.24. The fourth-order valence-electron chi connectivity index (χ4n) is 2.34. The Kier molecular flexibility index (Phi) is 5.43. The van der Waals surface area contributed by atoms with E-state index in [4.69, 9.17) is 20.8 Å². The fourth-order valence-corrected chi connectivity index (χ4v) is 2.60. The molecule has 0 radical (unpaired) electrons. The second-order valence-corrected chi connectivity index (χ2v) is 5.76. The number of aliphatic imine (C=N–C) groups is 1. The fraction of sp³-hybridized carbons (Fsp3) is 0.100. The second kappa shape index (κ2) is 7.92. The van der Waals surface area contributed by atoms with Crippen LogP contribution in [0.2, 0.25) is 5.02 Å². The minimum atomic E-state index is -0.114. The highest BCUT2D eigenvalue weighted by atomic mass is 35.5. The van der Waals surface area contributed by atoms with Crippen molar-refractivity contribution in [2.75, 3.05) is 7.11 Å². The number of furan rings is 1. The third-order valence-electron chi connectivity index (χ3n) is 3.54. The zero-order valence-electron chi connectivity index (χ0n) is 13.6. The van der Waals surface area contributed by atoms with Crippen LogP contribution in [0.4, 0.5) is 5.69 Å². The normalized spacial score (nSPS) is 11.1. The number of nitrogens with zero attached hydrogens (tertiary/aromatic N) is 1.